The van der Waals surface area contributed by atoms with Gasteiger partial charge in [-0.15, -0.1) is 0 Å². The smallest absolute Gasteiger partial charge is 0.335 e. The second kappa shape index (κ2) is 7.09. The number of amides is 1. The number of carboxylic acids is 1. The number of benzene rings is 2. The first-order chi connectivity index (χ1) is 10.5. The highest BCUT2D eigenvalue weighted by Crippen LogP contribution is 2.19. The highest BCUT2D eigenvalue weighted by molar-refractivity contribution is 6.31. The largest absolute Gasteiger partial charge is 0.478 e. The summed E-state index contributed by atoms with van der Waals surface area (Å²) in [6.07, 6.45) is 0.809. The topological polar surface area (TPSA) is 66.4 Å². The van der Waals surface area contributed by atoms with Crippen molar-refractivity contribution in [3.05, 3.63) is 64.2 Å². The molecule has 2 aromatic rings. The van der Waals surface area contributed by atoms with Crippen LogP contribution in [0.1, 0.15) is 27.9 Å². The van der Waals surface area contributed by atoms with Gasteiger partial charge < -0.3 is 10.4 Å². The van der Waals surface area contributed by atoms with E-state index in [2.05, 4.69) is 5.32 Å². The van der Waals surface area contributed by atoms with Crippen LogP contribution < -0.4 is 5.32 Å². The summed E-state index contributed by atoms with van der Waals surface area (Å²) in [5.41, 5.74) is 2.39. The number of nitrogens with one attached hydrogen (secondary N) is 1. The van der Waals surface area contributed by atoms with E-state index in [4.69, 9.17) is 16.7 Å². The maximum atomic E-state index is 12.0. The van der Waals surface area contributed by atoms with Crippen LogP contribution in [-0.4, -0.2) is 17.0 Å². The second-order valence-electron chi connectivity index (χ2n) is 4.97. The molecule has 0 heterocycles. The zero-order valence-corrected chi connectivity index (χ0v) is 12.9. The van der Waals surface area contributed by atoms with Crippen LogP contribution in [-0.2, 0) is 11.2 Å². The van der Waals surface area contributed by atoms with E-state index in [1.54, 1.807) is 12.1 Å². The molecule has 0 spiro atoms. The van der Waals surface area contributed by atoms with Crippen molar-refractivity contribution >= 4 is 29.2 Å². The standard InChI is InChI=1S/C17H16ClNO3/c1-11-6-7-13(17(21)22)10-15(11)19-16(20)9-8-12-4-2-3-5-14(12)18/h2-7,10H,8-9H2,1H3,(H,19,20)(H,21,22). The van der Waals surface area contributed by atoms with Crippen molar-refractivity contribution in [1.29, 1.82) is 0 Å². The zero-order valence-electron chi connectivity index (χ0n) is 12.1. The van der Waals surface area contributed by atoms with Crippen LogP contribution in [0.2, 0.25) is 5.02 Å². The molecule has 2 N–H and O–H groups in total. The van der Waals surface area contributed by atoms with E-state index in [0.717, 1.165) is 11.1 Å². The van der Waals surface area contributed by atoms with Crippen LogP contribution in [0, 0.1) is 6.92 Å². The van der Waals surface area contributed by atoms with E-state index in [-0.39, 0.29) is 17.9 Å². The van der Waals surface area contributed by atoms with Crippen molar-refractivity contribution in [2.24, 2.45) is 0 Å². The van der Waals surface area contributed by atoms with Crippen LogP contribution in [0.5, 0.6) is 0 Å². The van der Waals surface area contributed by atoms with Gasteiger partial charge in [0, 0.05) is 17.1 Å². The molecule has 5 heteroatoms. The number of rotatable bonds is 5. The van der Waals surface area contributed by atoms with Gasteiger partial charge in [0.05, 0.1) is 5.56 Å². The molecular formula is C17H16ClNO3. The number of carbonyl (C=O) groups excluding carboxylic acids is 1. The summed E-state index contributed by atoms with van der Waals surface area (Å²) in [5.74, 6) is -1.20. The third kappa shape index (κ3) is 4.09. The third-order valence-corrected chi connectivity index (χ3v) is 3.71. The maximum absolute atomic E-state index is 12.0. The lowest BCUT2D eigenvalue weighted by molar-refractivity contribution is -0.116. The van der Waals surface area contributed by atoms with Crippen LogP contribution in [0.25, 0.3) is 0 Å². The average molecular weight is 318 g/mol. The van der Waals surface area contributed by atoms with Crippen LogP contribution in [0.15, 0.2) is 42.5 Å². The minimum absolute atomic E-state index is 0.145. The molecule has 0 atom stereocenters. The lowest BCUT2D eigenvalue weighted by Gasteiger charge is -2.10. The van der Waals surface area contributed by atoms with Gasteiger partial charge in [0.15, 0.2) is 0 Å². The molecule has 22 heavy (non-hydrogen) atoms. The van der Waals surface area contributed by atoms with Crippen molar-refractivity contribution < 1.29 is 14.7 Å². The van der Waals surface area contributed by atoms with E-state index < -0.39 is 5.97 Å². The number of aromatic carboxylic acids is 1. The zero-order chi connectivity index (χ0) is 16.1. The van der Waals surface area contributed by atoms with Crippen molar-refractivity contribution in [3.8, 4) is 0 Å². The van der Waals surface area contributed by atoms with Crippen molar-refractivity contribution in [2.45, 2.75) is 19.8 Å². The summed E-state index contributed by atoms with van der Waals surface area (Å²) in [6, 6.07) is 12.0. The molecule has 0 saturated carbocycles. The fourth-order valence-electron chi connectivity index (χ4n) is 2.05. The first-order valence-electron chi connectivity index (χ1n) is 6.84. The van der Waals surface area contributed by atoms with Gasteiger partial charge in [-0.1, -0.05) is 35.9 Å². The number of carboxylic acid groups (broad SMARTS) is 1. The highest BCUT2D eigenvalue weighted by atomic mass is 35.5. The van der Waals surface area contributed by atoms with E-state index in [9.17, 15) is 9.59 Å². The lowest BCUT2D eigenvalue weighted by atomic mass is 10.1. The average Bonchev–Trinajstić information content (AvgIpc) is 2.48. The Morgan fingerprint density at radius 3 is 2.59 bits per heavy atom. The van der Waals surface area contributed by atoms with Crippen molar-refractivity contribution in [1.82, 2.24) is 0 Å². The van der Waals surface area contributed by atoms with Crippen LogP contribution in [0.4, 0.5) is 5.69 Å². The number of hydrogen-bond donors (Lipinski definition) is 2. The Morgan fingerprint density at radius 1 is 1.18 bits per heavy atom. The van der Waals surface area contributed by atoms with Gasteiger partial charge in [0.25, 0.3) is 0 Å². The Balaban J connectivity index is 2.02. The van der Waals surface area contributed by atoms with Gasteiger partial charge in [-0.2, -0.15) is 0 Å². The monoisotopic (exact) mass is 317 g/mol. The summed E-state index contributed by atoms with van der Waals surface area (Å²) < 4.78 is 0. The molecule has 0 saturated heterocycles. The molecule has 114 valence electrons. The predicted molar refractivity (Wildman–Crippen MR) is 86.5 cm³/mol. The minimum Gasteiger partial charge on any atom is -0.478 e. The fourth-order valence-corrected chi connectivity index (χ4v) is 2.28. The molecule has 4 nitrogen and oxygen atoms in total. The molecule has 0 unspecified atom stereocenters. The fraction of sp³-hybridized carbons (Fsp3) is 0.176. The van der Waals surface area contributed by atoms with Crippen molar-refractivity contribution in [3.63, 3.8) is 0 Å². The SMILES string of the molecule is Cc1ccc(C(=O)O)cc1NC(=O)CCc1ccccc1Cl. The number of hydrogen-bond acceptors (Lipinski definition) is 2. The molecule has 2 rings (SSSR count). The predicted octanol–water partition coefficient (Wildman–Crippen LogP) is 3.92. The highest BCUT2D eigenvalue weighted by Gasteiger charge is 2.10. The quantitative estimate of drug-likeness (QED) is 0.878. The van der Waals surface area contributed by atoms with E-state index in [1.165, 1.54) is 12.1 Å². The number of anilines is 1. The molecule has 0 bridgehead atoms. The van der Waals surface area contributed by atoms with E-state index >= 15 is 0 Å². The molecule has 0 aliphatic rings. The van der Waals surface area contributed by atoms with E-state index in [0.29, 0.717) is 17.1 Å². The Kier molecular flexibility index (Phi) is 5.17. The number of halogens is 1. The molecule has 0 aliphatic carbocycles. The Bertz CT molecular complexity index is 713. The van der Waals surface area contributed by atoms with Crippen LogP contribution >= 0.6 is 11.6 Å². The summed E-state index contributed by atoms with van der Waals surface area (Å²) in [7, 11) is 0. The number of carbonyl (C=O) groups is 2. The Labute approximate surface area is 133 Å². The van der Waals surface area contributed by atoms with Crippen molar-refractivity contribution in [2.75, 3.05) is 5.32 Å². The lowest BCUT2D eigenvalue weighted by Crippen LogP contribution is -2.14. The van der Waals surface area contributed by atoms with Gasteiger partial charge in [-0.05, 0) is 42.7 Å². The van der Waals surface area contributed by atoms with Gasteiger partial charge in [0.2, 0.25) is 5.91 Å². The molecule has 1 amide bonds. The normalized spacial score (nSPS) is 10.3. The van der Waals surface area contributed by atoms with E-state index in [1.807, 2.05) is 25.1 Å². The molecule has 0 aromatic heterocycles. The minimum atomic E-state index is -1.02. The summed E-state index contributed by atoms with van der Waals surface area (Å²) in [4.78, 5) is 23.0. The molecule has 2 aromatic carbocycles. The Morgan fingerprint density at radius 2 is 1.91 bits per heavy atom. The van der Waals surface area contributed by atoms with Gasteiger partial charge in [-0.25, -0.2) is 4.79 Å². The second-order valence-corrected chi connectivity index (χ2v) is 5.38. The van der Waals surface area contributed by atoms with Gasteiger partial charge in [0.1, 0.15) is 0 Å². The summed E-state index contributed by atoms with van der Waals surface area (Å²) in [6.45, 7) is 1.81. The van der Waals surface area contributed by atoms with Gasteiger partial charge >= 0.3 is 5.97 Å². The molecule has 0 radical (unpaired) electrons. The van der Waals surface area contributed by atoms with Gasteiger partial charge in [-0.3, -0.25) is 4.79 Å². The molecular weight excluding hydrogens is 302 g/mol. The molecule has 0 aliphatic heterocycles. The third-order valence-electron chi connectivity index (χ3n) is 3.34. The number of aryl methyl sites for hydroxylation is 2. The maximum Gasteiger partial charge on any atom is 0.335 e. The summed E-state index contributed by atoms with van der Waals surface area (Å²) in [5, 5.41) is 12.4. The first-order valence-corrected chi connectivity index (χ1v) is 7.22. The first kappa shape index (κ1) is 16.0. The summed E-state index contributed by atoms with van der Waals surface area (Å²) >= 11 is 6.05. The molecule has 0 fully saturated rings. The van der Waals surface area contributed by atoms with Crippen LogP contribution in [0.3, 0.4) is 0 Å². The Hall–Kier alpha value is -2.33.